The van der Waals surface area contributed by atoms with E-state index in [0.29, 0.717) is 23.1 Å². The van der Waals surface area contributed by atoms with Crippen molar-refractivity contribution in [2.75, 3.05) is 6.61 Å². The lowest BCUT2D eigenvalue weighted by Gasteiger charge is -2.48. The second kappa shape index (κ2) is 7.17. The van der Waals surface area contributed by atoms with Gasteiger partial charge in [-0.1, -0.05) is 32.9 Å². The van der Waals surface area contributed by atoms with E-state index in [1.54, 1.807) is 25.3 Å². The third kappa shape index (κ3) is 2.77. The maximum Gasteiger partial charge on any atom is 0.355 e. The molecule has 8 atom stereocenters. The van der Waals surface area contributed by atoms with Crippen molar-refractivity contribution in [1.29, 1.82) is 0 Å². The van der Waals surface area contributed by atoms with E-state index in [9.17, 15) is 24.9 Å². The molecule has 188 valence electrons. The van der Waals surface area contributed by atoms with Gasteiger partial charge >= 0.3 is 5.97 Å². The maximum atomic E-state index is 14.4. The molecule has 4 N–H and O–H groups in total. The van der Waals surface area contributed by atoms with Crippen molar-refractivity contribution in [2.24, 2.45) is 34.5 Å². The Morgan fingerprint density at radius 3 is 2.66 bits per heavy atom. The number of H-pyrrole nitrogens is 1. The van der Waals surface area contributed by atoms with Crippen molar-refractivity contribution < 1.29 is 29.6 Å². The van der Waals surface area contributed by atoms with Crippen molar-refractivity contribution in [1.82, 2.24) is 4.98 Å². The van der Waals surface area contributed by atoms with E-state index in [1.165, 1.54) is 0 Å². The highest BCUT2D eigenvalue weighted by Gasteiger charge is 2.76. The fourth-order valence-electron chi connectivity index (χ4n) is 8.05. The summed E-state index contributed by atoms with van der Waals surface area (Å²) in [6.45, 7) is 7.54. The molecule has 0 radical (unpaired) electrons. The number of ether oxygens (including phenoxy) is 1. The Balaban J connectivity index is 1.45. The Hall–Kier alpha value is -2.22. The molecule has 1 spiro atoms. The first-order chi connectivity index (χ1) is 16.5. The number of hydrogen-bond donors (Lipinski definition) is 4. The van der Waals surface area contributed by atoms with Crippen LogP contribution in [-0.4, -0.2) is 56.5 Å². The Labute approximate surface area is 205 Å². The molecule has 35 heavy (non-hydrogen) atoms. The van der Waals surface area contributed by atoms with Gasteiger partial charge in [0.25, 0.3) is 0 Å². The minimum atomic E-state index is -2.11. The Morgan fingerprint density at radius 1 is 1.29 bits per heavy atom. The molecule has 1 aromatic heterocycles. The summed E-state index contributed by atoms with van der Waals surface area (Å²) in [6.07, 6.45) is 5.14. The van der Waals surface area contributed by atoms with Gasteiger partial charge in [0.2, 0.25) is 0 Å². The second-order valence-electron chi connectivity index (χ2n) is 12.2. The van der Waals surface area contributed by atoms with E-state index < -0.39 is 41.7 Å². The number of aliphatic hydroxyl groups excluding tert-OH is 2. The molecular weight excluding hydrogens is 446 g/mol. The van der Waals surface area contributed by atoms with Crippen LogP contribution in [0.1, 0.15) is 68.9 Å². The number of hydrogen-bond acceptors (Lipinski definition) is 6. The van der Waals surface area contributed by atoms with E-state index in [2.05, 4.69) is 18.8 Å². The summed E-state index contributed by atoms with van der Waals surface area (Å²) >= 11 is 0. The largest absolute Gasteiger partial charge is 0.450 e. The predicted octanol–water partition coefficient (Wildman–Crippen LogP) is 2.89. The van der Waals surface area contributed by atoms with Crippen LogP contribution in [0.15, 0.2) is 35.6 Å². The minimum Gasteiger partial charge on any atom is -0.450 e. The van der Waals surface area contributed by atoms with Crippen LogP contribution in [0.3, 0.4) is 0 Å². The Bertz CT molecular complexity index is 1170. The van der Waals surface area contributed by atoms with Gasteiger partial charge in [0, 0.05) is 12.1 Å². The van der Waals surface area contributed by atoms with Crippen LogP contribution in [0.4, 0.5) is 0 Å². The summed E-state index contributed by atoms with van der Waals surface area (Å²) in [4.78, 5) is 30.7. The molecule has 0 unspecified atom stereocenters. The van der Waals surface area contributed by atoms with Gasteiger partial charge in [0.05, 0.1) is 12.0 Å². The van der Waals surface area contributed by atoms with Gasteiger partial charge in [-0.05, 0) is 78.0 Å². The van der Waals surface area contributed by atoms with E-state index >= 15 is 0 Å². The van der Waals surface area contributed by atoms with Gasteiger partial charge in [-0.3, -0.25) is 4.79 Å². The van der Waals surface area contributed by atoms with E-state index in [-0.39, 0.29) is 28.6 Å². The highest BCUT2D eigenvalue weighted by Crippen LogP contribution is 2.71. The van der Waals surface area contributed by atoms with E-state index in [1.807, 2.05) is 13.0 Å². The zero-order chi connectivity index (χ0) is 25.1. The molecule has 5 aliphatic rings. The fourth-order valence-corrected chi connectivity index (χ4v) is 8.05. The fraction of sp³-hybridized carbons (Fsp3) is 0.643. The summed E-state index contributed by atoms with van der Waals surface area (Å²) in [7, 11) is 0. The normalized spacial score (nSPS) is 43.3. The lowest BCUT2D eigenvalue weighted by atomic mass is 9.59. The lowest BCUT2D eigenvalue weighted by molar-refractivity contribution is -0.190. The molecule has 0 aromatic carbocycles. The van der Waals surface area contributed by atoms with Crippen LogP contribution in [-0.2, 0) is 9.53 Å². The maximum absolute atomic E-state index is 14.4. The number of esters is 1. The monoisotopic (exact) mass is 481 g/mol. The summed E-state index contributed by atoms with van der Waals surface area (Å²) in [5.41, 5.74) is -1.55. The van der Waals surface area contributed by atoms with E-state index in [4.69, 9.17) is 4.74 Å². The number of allylic oxidation sites excluding steroid dienone is 1. The van der Waals surface area contributed by atoms with Gasteiger partial charge in [0.1, 0.15) is 11.8 Å². The molecular formula is C28H35NO6. The number of aliphatic hydroxyl groups is 3. The van der Waals surface area contributed by atoms with Crippen LogP contribution in [0.25, 0.3) is 0 Å². The van der Waals surface area contributed by atoms with Crippen molar-refractivity contribution in [2.45, 2.75) is 70.7 Å². The first kappa shape index (κ1) is 23.2. The van der Waals surface area contributed by atoms with Crippen molar-refractivity contribution in [3.05, 3.63) is 46.8 Å². The van der Waals surface area contributed by atoms with Gasteiger partial charge in [-0.25, -0.2) is 4.79 Å². The number of fused-ring (bicyclic) bond motifs is 3. The van der Waals surface area contributed by atoms with Crippen LogP contribution >= 0.6 is 0 Å². The van der Waals surface area contributed by atoms with Crippen LogP contribution in [0.5, 0.6) is 0 Å². The summed E-state index contributed by atoms with van der Waals surface area (Å²) in [5.74, 6) is -0.851. The second-order valence-corrected chi connectivity index (χ2v) is 12.2. The number of ketones is 1. The smallest absolute Gasteiger partial charge is 0.355 e. The average Bonchev–Trinajstić information content (AvgIpc) is 3.66. The molecule has 1 heterocycles. The molecule has 0 aliphatic heterocycles. The molecule has 0 saturated heterocycles. The summed E-state index contributed by atoms with van der Waals surface area (Å²) in [5, 5.41) is 34.3. The Morgan fingerprint density at radius 2 is 2.00 bits per heavy atom. The topological polar surface area (TPSA) is 120 Å². The average molecular weight is 482 g/mol. The van der Waals surface area contributed by atoms with Crippen molar-refractivity contribution in [3.63, 3.8) is 0 Å². The third-order valence-corrected chi connectivity index (χ3v) is 10.1. The minimum absolute atomic E-state index is 0.0310. The predicted molar refractivity (Wildman–Crippen MR) is 127 cm³/mol. The quantitative estimate of drug-likeness (QED) is 0.388. The molecule has 3 saturated carbocycles. The highest BCUT2D eigenvalue weighted by molar-refractivity contribution is 5.96. The molecule has 5 aliphatic carbocycles. The molecule has 7 nitrogen and oxygen atoms in total. The number of aromatic nitrogens is 1. The summed E-state index contributed by atoms with van der Waals surface area (Å²) < 4.78 is 5.97. The van der Waals surface area contributed by atoms with Crippen molar-refractivity contribution in [3.8, 4) is 0 Å². The molecule has 3 fully saturated rings. The number of Topliss-reactive ketones (excluding diaryl/α,β-unsaturated/α-hetero) is 1. The summed E-state index contributed by atoms with van der Waals surface area (Å²) in [6, 6.07) is 1.88. The van der Waals surface area contributed by atoms with Crippen LogP contribution in [0, 0.1) is 34.5 Å². The van der Waals surface area contributed by atoms with Gasteiger partial charge in [-0.2, -0.15) is 0 Å². The number of aromatic amines is 1. The molecule has 6 rings (SSSR count). The Kier molecular flexibility index (Phi) is 4.75. The number of carbonyl (C=O) groups is 2. The third-order valence-electron chi connectivity index (χ3n) is 10.1. The van der Waals surface area contributed by atoms with Crippen LogP contribution in [0.2, 0.25) is 0 Å². The standard InChI is InChI=1S/C28H35NO6/c1-13-11-27-14(2)9-19-20(26(19,3)4)18(23(27)32)10-16(12-30)22(31)28(27,34)24(13)35-25(33)21-17(7-8-29-21)15-5-6-15/h7-8,10-11,14-15,18-20,22,24,29-31,34H,5-6,9,12H2,1-4H3/t14-,18+,19-,20+,22-,24+,27+,28+/m1/s1. The first-order valence-corrected chi connectivity index (χ1v) is 12.8. The molecule has 0 amide bonds. The number of nitrogens with one attached hydrogen (secondary N) is 1. The van der Waals surface area contributed by atoms with Crippen molar-refractivity contribution >= 4 is 11.8 Å². The molecule has 2 bridgehead atoms. The zero-order valence-corrected chi connectivity index (χ0v) is 20.7. The zero-order valence-electron chi connectivity index (χ0n) is 20.7. The molecule has 1 aromatic rings. The molecule has 7 heteroatoms. The van der Waals surface area contributed by atoms with Crippen LogP contribution < -0.4 is 0 Å². The lowest BCUT2D eigenvalue weighted by Crippen LogP contribution is -2.65. The van der Waals surface area contributed by atoms with Gasteiger partial charge < -0.3 is 25.0 Å². The highest BCUT2D eigenvalue weighted by atomic mass is 16.6. The van der Waals surface area contributed by atoms with Gasteiger partial charge in [0.15, 0.2) is 17.5 Å². The number of carbonyl (C=O) groups excluding carboxylic acids is 2. The van der Waals surface area contributed by atoms with Gasteiger partial charge in [-0.15, -0.1) is 0 Å². The SMILES string of the molecule is CC1=C[C@]23C(=O)[C@@H](C=C(CO)[C@@H](O)[C@]2(O)[C@H]1OC(=O)c1[nH]ccc1C1CC1)[C@H]1[C@@H](C[C@H]3C)C1(C)C. The first-order valence-electron chi connectivity index (χ1n) is 12.8. The number of rotatable bonds is 4. The van der Waals surface area contributed by atoms with E-state index in [0.717, 1.165) is 24.8 Å².